The summed E-state index contributed by atoms with van der Waals surface area (Å²) in [6.07, 6.45) is 4.70. The molecule has 118 valence electrons. The Labute approximate surface area is 132 Å². The smallest absolute Gasteiger partial charge is 0.307 e. The molecule has 0 unspecified atom stereocenters. The summed E-state index contributed by atoms with van der Waals surface area (Å²) in [5.74, 6) is -2.05. The Kier molecular flexibility index (Phi) is 3.90. The number of amides is 1. The lowest BCUT2D eigenvalue weighted by molar-refractivity contribution is -0.147. The van der Waals surface area contributed by atoms with Gasteiger partial charge in [-0.3, -0.25) is 9.59 Å². The molecule has 2 bridgehead atoms. The molecule has 1 aromatic heterocycles. The zero-order valence-corrected chi connectivity index (χ0v) is 13.3. The van der Waals surface area contributed by atoms with Crippen LogP contribution in [-0.4, -0.2) is 36.1 Å². The van der Waals surface area contributed by atoms with Crippen LogP contribution in [0.5, 0.6) is 0 Å². The molecule has 2 aliphatic rings. The molecule has 2 N–H and O–H groups in total. The van der Waals surface area contributed by atoms with Crippen LogP contribution in [0.4, 0.5) is 5.13 Å². The van der Waals surface area contributed by atoms with E-state index in [0.717, 1.165) is 17.2 Å². The Balaban J connectivity index is 1.64. The summed E-state index contributed by atoms with van der Waals surface area (Å²) < 4.78 is 0. The summed E-state index contributed by atoms with van der Waals surface area (Å²) in [5.41, 5.74) is 0.799. The standard InChI is InChI=1S/C15H19N3O3S/c1-18(2)15-17-10(7-22-15)6-16-13(19)11-8-3-4-9(5-8)12(11)14(20)21/h3-4,7-9,11-12H,5-6H2,1-2H3,(H,16,19)(H,20,21)/t8-,9-,11+,12-/m0/s1. The third-order valence-corrected chi connectivity index (χ3v) is 5.47. The van der Waals surface area contributed by atoms with Crippen molar-refractivity contribution >= 4 is 28.3 Å². The van der Waals surface area contributed by atoms with E-state index in [9.17, 15) is 14.7 Å². The van der Waals surface area contributed by atoms with E-state index in [1.165, 1.54) is 11.3 Å². The number of carboxylic acids is 1. The highest BCUT2D eigenvalue weighted by atomic mass is 32.1. The van der Waals surface area contributed by atoms with Gasteiger partial charge in [-0.2, -0.15) is 0 Å². The summed E-state index contributed by atoms with van der Waals surface area (Å²) in [4.78, 5) is 30.2. The molecular weight excluding hydrogens is 302 g/mol. The highest BCUT2D eigenvalue weighted by Crippen LogP contribution is 2.48. The van der Waals surface area contributed by atoms with Gasteiger partial charge in [0.2, 0.25) is 5.91 Å². The van der Waals surface area contributed by atoms with Crippen molar-refractivity contribution in [3.8, 4) is 0 Å². The SMILES string of the molecule is CN(C)c1nc(CNC(=O)[C@H]2[C@@H](C(=O)O)[C@H]3C=C[C@H]2C3)cs1. The fourth-order valence-electron chi connectivity index (χ4n) is 3.39. The second-order valence-corrected chi connectivity index (χ2v) is 6.91. The highest BCUT2D eigenvalue weighted by Gasteiger charge is 2.51. The summed E-state index contributed by atoms with van der Waals surface area (Å²) in [5, 5.41) is 15.0. The van der Waals surface area contributed by atoms with Crippen molar-refractivity contribution in [1.82, 2.24) is 10.3 Å². The van der Waals surface area contributed by atoms with Crippen LogP contribution in [-0.2, 0) is 16.1 Å². The molecule has 0 saturated heterocycles. The van der Waals surface area contributed by atoms with Crippen LogP contribution in [0.25, 0.3) is 0 Å². The number of aromatic nitrogens is 1. The van der Waals surface area contributed by atoms with Gasteiger partial charge in [0.25, 0.3) is 0 Å². The number of carboxylic acid groups (broad SMARTS) is 1. The predicted octanol–water partition coefficient (Wildman–Crippen LogP) is 1.35. The van der Waals surface area contributed by atoms with Gasteiger partial charge < -0.3 is 15.3 Å². The third-order valence-electron chi connectivity index (χ3n) is 4.41. The van der Waals surface area contributed by atoms with Crippen molar-refractivity contribution in [3.63, 3.8) is 0 Å². The van der Waals surface area contributed by atoms with E-state index >= 15 is 0 Å². The van der Waals surface area contributed by atoms with E-state index in [-0.39, 0.29) is 17.7 Å². The van der Waals surface area contributed by atoms with Gasteiger partial charge in [-0.1, -0.05) is 12.2 Å². The Morgan fingerprint density at radius 1 is 1.36 bits per heavy atom. The zero-order chi connectivity index (χ0) is 15.9. The first kappa shape index (κ1) is 15.0. The van der Waals surface area contributed by atoms with E-state index in [0.29, 0.717) is 6.54 Å². The molecule has 7 heteroatoms. The number of nitrogens with one attached hydrogen (secondary N) is 1. The Hall–Kier alpha value is -1.89. The predicted molar refractivity (Wildman–Crippen MR) is 83.6 cm³/mol. The molecule has 1 heterocycles. The van der Waals surface area contributed by atoms with E-state index in [1.54, 1.807) is 0 Å². The van der Waals surface area contributed by atoms with E-state index in [1.807, 2.05) is 36.5 Å². The minimum Gasteiger partial charge on any atom is -0.481 e. The molecule has 6 nitrogen and oxygen atoms in total. The van der Waals surface area contributed by atoms with Crippen molar-refractivity contribution in [2.45, 2.75) is 13.0 Å². The average Bonchev–Trinajstić information content (AvgIpc) is 3.18. The average molecular weight is 321 g/mol. The highest BCUT2D eigenvalue weighted by molar-refractivity contribution is 7.13. The number of aliphatic carboxylic acids is 1. The van der Waals surface area contributed by atoms with Crippen molar-refractivity contribution < 1.29 is 14.7 Å². The molecule has 1 fully saturated rings. The summed E-state index contributed by atoms with van der Waals surface area (Å²) in [6, 6.07) is 0. The lowest BCUT2D eigenvalue weighted by atomic mass is 9.82. The lowest BCUT2D eigenvalue weighted by Gasteiger charge is -2.23. The molecule has 0 spiro atoms. The monoisotopic (exact) mass is 321 g/mol. The Morgan fingerprint density at radius 2 is 2.05 bits per heavy atom. The largest absolute Gasteiger partial charge is 0.481 e. The second-order valence-electron chi connectivity index (χ2n) is 6.07. The molecule has 0 radical (unpaired) electrons. The van der Waals surface area contributed by atoms with Crippen LogP contribution in [0.1, 0.15) is 12.1 Å². The second kappa shape index (κ2) is 5.72. The maximum absolute atomic E-state index is 12.4. The molecular formula is C15H19N3O3S. The summed E-state index contributed by atoms with van der Waals surface area (Å²) in [6.45, 7) is 0.340. The number of hydrogen-bond donors (Lipinski definition) is 2. The number of nitrogens with zero attached hydrogens (tertiary/aromatic N) is 2. The van der Waals surface area contributed by atoms with Gasteiger partial charge in [0, 0.05) is 19.5 Å². The maximum atomic E-state index is 12.4. The Bertz CT molecular complexity index is 625. The molecule has 0 aromatic carbocycles. The van der Waals surface area contributed by atoms with Crippen LogP contribution >= 0.6 is 11.3 Å². The van der Waals surface area contributed by atoms with E-state index in [4.69, 9.17) is 0 Å². The molecule has 22 heavy (non-hydrogen) atoms. The number of allylic oxidation sites excluding steroid dienone is 2. The van der Waals surface area contributed by atoms with Crippen molar-refractivity contribution in [3.05, 3.63) is 23.2 Å². The topological polar surface area (TPSA) is 82.5 Å². The van der Waals surface area contributed by atoms with E-state index < -0.39 is 17.8 Å². The molecule has 1 saturated carbocycles. The molecule has 1 amide bonds. The van der Waals surface area contributed by atoms with Gasteiger partial charge in [-0.05, 0) is 18.3 Å². The van der Waals surface area contributed by atoms with Gasteiger partial charge in [-0.15, -0.1) is 11.3 Å². The van der Waals surface area contributed by atoms with Gasteiger partial charge in [0.1, 0.15) is 0 Å². The molecule has 2 aliphatic carbocycles. The van der Waals surface area contributed by atoms with Crippen LogP contribution < -0.4 is 10.2 Å². The number of hydrogen-bond acceptors (Lipinski definition) is 5. The van der Waals surface area contributed by atoms with Crippen LogP contribution in [0, 0.1) is 23.7 Å². The number of anilines is 1. The van der Waals surface area contributed by atoms with Gasteiger partial charge in [0.15, 0.2) is 5.13 Å². The first-order valence-corrected chi connectivity index (χ1v) is 8.16. The van der Waals surface area contributed by atoms with Crippen molar-refractivity contribution in [2.24, 2.45) is 23.7 Å². The van der Waals surface area contributed by atoms with Gasteiger partial charge in [0.05, 0.1) is 24.1 Å². The number of rotatable bonds is 5. The van der Waals surface area contributed by atoms with Crippen LogP contribution in [0.2, 0.25) is 0 Å². The summed E-state index contributed by atoms with van der Waals surface area (Å²) in [7, 11) is 3.83. The molecule has 0 aliphatic heterocycles. The molecule has 3 rings (SSSR count). The van der Waals surface area contributed by atoms with Crippen molar-refractivity contribution in [2.75, 3.05) is 19.0 Å². The fourth-order valence-corrected chi connectivity index (χ4v) is 4.15. The molecule has 1 aromatic rings. The number of fused-ring (bicyclic) bond motifs is 2. The minimum absolute atomic E-state index is 0.00198. The van der Waals surface area contributed by atoms with Crippen LogP contribution in [0.15, 0.2) is 17.5 Å². The maximum Gasteiger partial charge on any atom is 0.307 e. The lowest BCUT2D eigenvalue weighted by Crippen LogP contribution is -2.39. The minimum atomic E-state index is -0.874. The Morgan fingerprint density at radius 3 is 2.64 bits per heavy atom. The normalized spacial score (nSPS) is 28.8. The first-order valence-electron chi connectivity index (χ1n) is 7.28. The first-order chi connectivity index (χ1) is 10.5. The quantitative estimate of drug-likeness (QED) is 0.800. The van der Waals surface area contributed by atoms with Gasteiger partial charge in [-0.25, -0.2) is 4.98 Å². The summed E-state index contributed by atoms with van der Waals surface area (Å²) >= 11 is 1.52. The number of carbonyl (C=O) groups excluding carboxylic acids is 1. The number of carbonyl (C=O) groups is 2. The molecule has 4 atom stereocenters. The van der Waals surface area contributed by atoms with E-state index in [2.05, 4.69) is 10.3 Å². The van der Waals surface area contributed by atoms with Crippen molar-refractivity contribution in [1.29, 1.82) is 0 Å². The van der Waals surface area contributed by atoms with Gasteiger partial charge >= 0.3 is 5.97 Å². The number of thiazole rings is 1. The van der Waals surface area contributed by atoms with Crippen LogP contribution in [0.3, 0.4) is 0 Å². The fraction of sp³-hybridized carbons (Fsp3) is 0.533. The zero-order valence-electron chi connectivity index (χ0n) is 12.5. The third kappa shape index (κ3) is 2.61.